The lowest BCUT2D eigenvalue weighted by atomic mass is 10.2. The van der Waals surface area contributed by atoms with Gasteiger partial charge in [0.25, 0.3) is 0 Å². The fourth-order valence-corrected chi connectivity index (χ4v) is 0.860. The van der Waals surface area contributed by atoms with Crippen LogP contribution in [0.2, 0.25) is 0 Å². The van der Waals surface area contributed by atoms with Crippen molar-refractivity contribution in [2.24, 2.45) is 0 Å². The van der Waals surface area contributed by atoms with Crippen LogP contribution in [0.25, 0.3) is 0 Å². The highest BCUT2D eigenvalue weighted by Gasteiger charge is 2.02. The second-order valence-electron chi connectivity index (χ2n) is 3.04. The molecule has 0 fully saturated rings. The van der Waals surface area contributed by atoms with E-state index in [1.807, 2.05) is 0 Å². The molecular weight excluding hydrogens is 183 g/mol. The van der Waals surface area contributed by atoms with Crippen molar-refractivity contribution in [1.82, 2.24) is 9.88 Å². The van der Waals surface area contributed by atoms with Gasteiger partial charge in [0.1, 0.15) is 5.82 Å². The van der Waals surface area contributed by atoms with E-state index >= 15 is 0 Å². The highest BCUT2D eigenvalue weighted by molar-refractivity contribution is 6.04. The monoisotopic (exact) mass is 194 g/mol. The number of nitrogens with zero attached hydrogens (tertiary/aromatic N) is 2. The lowest BCUT2D eigenvalue weighted by Gasteiger charge is -2.02. The van der Waals surface area contributed by atoms with Gasteiger partial charge in [0, 0.05) is 38.1 Å². The molecule has 1 aromatic heterocycles. The molecule has 0 aliphatic heterocycles. The number of aromatic nitrogens is 1. The molecule has 0 saturated heterocycles. The van der Waals surface area contributed by atoms with Crippen molar-refractivity contribution in [3.8, 4) is 0 Å². The SMILES string of the molecule is CN(C)/C=C\C(=O)c1cncc(F)c1. The molecule has 0 radical (unpaired) electrons. The van der Waals surface area contributed by atoms with Crippen LogP contribution in [0.4, 0.5) is 4.39 Å². The number of rotatable bonds is 3. The third-order valence-electron chi connectivity index (χ3n) is 1.51. The summed E-state index contributed by atoms with van der Waals surface area (Å²) in [6.07, 6.45) is 5.38. The zero-order valence-electron chi connectivity index (χ0n) is 8.07. The minimum atomic E-state index is -0.505. The number of hydrogen-bond donors (Lipinski definition) is 0. The number of ketones is 1. The summed E-state index contributed by atoms with van der Waals surface area (Å²) in [7, 11) is 3.60. The molecule has 0 aliphatic rings. The van der Waals surface area contributed by atoms with Crippen molar-refractivity contribution in [3.05, 3.63) is 42.1 Å². The second-order valence-corrected chi connectivity index (χ2v) is 3.04. The quantitative estimate of drug-likeness (QED) is 0.539. The van der Waals surface area contributed by atoms with Crippen LogP contribution in [-0.4, -0.2) is 29.8 Å². The Kier molecular flexibility index (Phi) is 3.34. The van der Waals surface area contributed by atoms with E-state index in [9.17, 15) is 9.18 Å². The van der Waals surface area contributed by atoms with Crippen LogP contribution in [0.3, 0.4) is 0 Å². The van der Waals surface area contributed by atoms with Gasteiger partial charge in [0.05, 0.1) is 6.20 Å². The van der Waals surface area contributed by atoms with Crippen molar-refractivity contribution >= 4 is 5.78 Å². The van der Waals surface area contributed by atoms with E-state index < -0.39 is 5.82 Å². The topological polar surface area (TPSA) is 33.2 Å². The third kappa shape index (κ3) is 2.97. The summed E-state index contributed by atoms with van der Waals surface area (Å²) < 4.78 is 12.7. The molecule has 74 valence electrons. The van der Waals surface area contributed by atoms with E-state index in [1.54, 1.807) is 25.2 Å². The van der Waals surface area contributed by atoms with Crippen molar-refractivity contribution in [1.29, 1.82) is 0 Å². The first-order valence-corrected chi connectivity index (χ1v) is 4.09. The standard InChI is InChI=1S/C10H11FN2O/c1-13(2)4-3-10(14)8-5-9(11)7-12-6-8/h3-7H,1-2H3/b4-3-. The largest absolute Gasteiger partial charge is 0.383 e. The van der Waals surface area contributed by atoms with Crippen LogP contribution in [0, 0.1) is 5.82 Å². The fraction of sp³-hybridized carbons (Fsp3) is 0.200. The zero-order chi connectivity index (χ0) is 10.6. The molecule has 0 aromatic carbocycles. The van der Waals surface area contributed by atoms with Gasteiger partial charge in [-0.15, -0.1) is 0 Å². The maximum Gasteiger partial charge on any atom is 0.188 e. The van der Waals surface area contributed by atoms with Gasteiger partial charge in [-0.05, 0) is 6.07 Å². The molecule has 0 bridgehead atoms. The predicted molar refractivity (Wildman–Crippen MR) is 51.4 cm³/mol. The lowest BCUT2D eigenvalue weighted by Crippen LogP contribution is -2.03. The van der Waals surface area contributed by atoms with E-state index in [4.69, 9.17) is 0 Å². The Morgan fingerprint density at radius 2 is 2.21 bits per heavy atom. The first kappa shape index (κ1) is 10.4. The Morgan fingerprint density at radius 1 is 1.50 bits per heavy atom. The molecule has 1 rings (SSSR count). The Balaban J connectivity index is 2.80. The lowest BCUT2D eigenvalue weighted by molar-refractivity contribution is 0.104. The highest BCUT2D eigenvalue weighted by atomic mass is 19.1. The summed E-state index contributed by atoms with van der Waals surface area (Å²) in [5, 5.41) is 0. The minimum Gasteiger partial charge on any atom is -0.383 e. The number of halogens is 1. The third-order valence-corrected chi connectivity index (χ3v) is 1.51. The molecular formula is C10H11FN2O. The molecule has 0 atom stereocenters. The Labute approximate surface area is 81.9 Å². The van der Waals surface area contributed by atoms with Crippen molar-refractivity contribution in [2.75, 3.05) is 14.1 Å². The average Bonchev–Trinajstić information content (AvgIpc) is 2.14. The minimum absolute atomic E-state index is 0.253. The number of allylic oxidation sites excluding steroid dienone is 1. The molecule has 0 unspecified atom stereocenters. The second kappa shape index (κ2) is 4.50. The fourth-order valence-electron chi connectivity index (χ4n) is 0.860. The number of carbonyl (C=O) groups excluding carboxylic acids is 1. The Hall–Kier alpha value is -1.71. The summed E-state index contributed by atoms with van der Waals surface area (Å²) >= 11 is 0. The van der Waals surface area contributed by atoms with Gasteiger partial charge in [0.2, 0.25) is 0 Å². The summed E-state index contributed by atoms with van der Waals surface area (Å²) in [5.74, 6) is -0.764. The van der Waals surface area contributed by atoms with Crippen LogP contribution < -0.4 is 0 Å². The Bertz CT molecular complexity index is 361. The van der Waals surface area contributed by atoms with E-state index in [1.165, 1.54) is 12.3 Å². The first-order valence-electron chi connectivity index (χ1n) is 4.09. The van der Waals surface area contributed by atoms with E-state index in [2.05, 4.69) is 4.98 Å². The predicted octanol–water partition coefficient (Wildman–Crippen LogP) is 1.48. The maximum absolute atomic E-state index is 12.7. The van der Waals surface area contributed by atoms with Gasteiger partial charge < -0.3 is 4.90 Å². The number of hydrogen-bond acceptors (Lipinski definition) is 3. The van der Waals surface area contributed by atoms with E-state index in [0.29, 0.717) is 0 Å². The van der Waals surface area contributed by atoms with Crippen LogP contribution in [-0.2, 0) is 0 Å². The number of carbonyl (C=O) groups is 1. The first-order chi connectivity index (χ1) is 6.59. The van der Waals surface area contributed by atoms with Gasteiger partial charge in [0.15, 0.2) is 5.78 Å². The molecule has 0 saturated carbocycles. The Morgan fingerprint density at radius 3 is 2.79 bits per heavy atom. The van der Waals surface area contributed by atoms with Gasteiger partial charge >= 0.3 is 0 Å². The zero-order valence-corrected chi connectivity index (χ0v) is 8.07. The molecule has 3 nitrogen and oxygen atoms in total. The molecule has 14 heavy (non-hydrogen) atoms. The van der Waals surface area contributed by atoms with E-state index in [0.717, 1.165) is 12.3 Å². The summed E-state index contributed by atoms with van der Waals surface area (Å²) in [4.78, 5) is 16.7. The van der Waals surface area contributed by atoms with Crippen molar-refractivity contribution in [2.45, 2.75) is 0 Å². The highest BCUT2D eigenvalue weighted by Crippen LogP contribution is 2.02. The van der Waals surface area contributed by atoms with Gasteiger partial charge in [-0.1, -0.05) is 0 Å². The van der Waals surface area contributed by atoms with E-state index in [-0.39, 0.29) is 11.3 Å². The molecule has 4 heteroatoms. The van der Waals surface area contributed by atoms with Gasteiger partial charge in [-0.3, -0.25) is 9.78 Å². The van der Waals surface area contributed by atoms with Crippen LogP contribution in [0.5, 0.6) is 0 Å². The molecule has 0 spiro atoms. The average molecular weight is 194 g/mol. The van der Waals surface area contributed by atoms with Crippen LogP contribution >= 0.6 is 0 Å². The summed E-state index contributed by atoms with van der Waals surface area (Å²) in [5.41, 5.74) is 0.253. The van der Waals surface area contributed by atoms with Crippen LogP contribution in [0.15, 0.2) is 30.7 Å². The van der Waals surface area contributed by atoms with Crippen molar-refractivity contribution < 1.29 is 9.18 Å². The normalized spacial score (nSPS) is 10.5. The molecule has 0 N–H and O–H groups in total. The number of pyridine rings is 1. The molecule has 0 amide bonds. The molecule has 1 aromatic rings. The smallest absolute Gasteiger partial charge is 0.188 e. The summed E-state index contributed by atoms with van der Waals surface area (Å²) in [6.45, 7) is 0. The van der Waals surface area contributed by atoms with Gasteiger partial charge in [-0.2, -0.15) is 0 Å². The molecule has 1 heterocycles. The van der Waals surface area contributed by atoms with Crippen molar-refractivity contribution in [3.63, 3.8) is 0 Å². The molecule has 0 aliphatic carbocycles. The maximum atomic E-state index is 12.7. The summed E-state index contributed by atoms with van der Waals surface area (Å²) in [6, 6.07) is 1.16. The van der Waals surface area contributed by atoms with Crippen LogP contribution in [0.1, 0.15) is 10.4 Å². The van der Waals surface area contributed by atoms with Gasteiger partial charge in [-0.25, -0.2) is 4.39 Å².